The molecule has 7 nitrogen and oxygen atoms in total. The number of aryl methyl sites for hydroxylation is 2. The molecule has 0 N–H and O–H groups in total. The Labute approximate surface area is 175 Å². The van der Waals surface area contributed by atoms with E-state index in [0.29, 0.717) is 19.4 Å². The van der Waals surface area contributed by atoms with Crippen molar-refractivity contribution in [3.63, 3.8) is 0 Å². The van der Waals surface area contributed by atoms with Crippen LogP contribution >= 0.6 is 0 Å². The maximum absolute atomic E-state index is 13.6. The Hall–Kier alpha value is -2.65. The van der Waals surface area contributed by atoms with Gasteiger partial charge in [0.2, 0.25) is 10.0 Å². The van der Waals surface area contributed by atoms with Crippen LogP contribution in [0.4, 0.5) is 4.39 Å². The standard InChI is InChI=1S/C21H24FN5O2S/c1-16-4-11-20(12-5-16)30(28,29)27-19(3-2-14-26-24-15-23-25-26)10-13-21(27)17-6-8-18(22)9-7-17/h4-9,11-12,15,19,21H,2-3,10,13-14H2,1H3. The molecule has 0 radical (unpaired) electrons. The summed E-state index contributed by atoms with van der Waals surface area (Å²) in [5, 5.41) is 11.6. The van der Waals surface area contributed by atoms with Crippen molar-refractivity contribution in [2.24, 2.45) is 0 Å². The Morgan fingerprint density at radius 2 is 1.80 bits per heavy atom. The van der Waals surface area contributed by atoms with E-state index >= 15 is 0 Å². The van der Waals surface area contributed by atoms with Gasteiger partial charge in [0.05, 0.1) is 17.5 Å². The van der Waals surface area contributed by atoms with Crippen LogP contribution in [-0.2, 0) is 16.6 Å². The Morgan fingerprint density at radius 3 is 2.47 bits per heavy atom. The third-order valence-electron chi connectivity index (χ3n) is 5.58. The first kappa shape index (κ1) is 20.6. The van der Waals surface area contributed by atoms with E-state index in [1.54, 1.807) is 40.7 Å². The number of hydrogen-bond donors (Lipinski definition) is 0. The normalized spacial score (nSPS) is 19.9. The molecule has 3 aromatic rings. The topological polar surface area (TPSA) is 81.0 Å². The summed E-state index contributed by atoms with van der Waals surface area (Å²) in [4.78, 5) is 1.79. The van der Waals surface area contributed by atoms with Gasteiger partial charge in [0.25, 0.3) is 0 Å². The lowest BCUT2D eigenvalue weighted by molar-refractivity contribution is 0.301. The maximum Gasteiger partial charge on any atom is 0.243 e. The number of sulfonamides is 1. The number of benzene rings is 2. The molecule has 0 bridgehead atoms. The fraction of sp³-hybridized carbons (Fsp3) is 0.381. The Morgan fingerprint density at radius 1 is 1.07 bits per heavy atom. The molecule has 1 fully saturated rings. The summed E-state index contributed by atoms with van der Waals surface area (Å²) >= 11 is 0. The molecule has 1 aliphatic heterocycles. The monoisotopic (exact) mass is 429 g/mol. The van der Waals surface area contributed by atoms with Crippen LogP contribution in [0, 0.1) is 12.7 Å². The van der Waals surface area contributed by atoms with E-state index in [-0.39, 0.29) is 22.8 Å². The first-order valence-electron chi connectivity index (χ1n) is 10.0. The molecule has 2 heterocycles. The molecule has 0 spiro atoms. The van der Waals surface area contributed by atoms with E-state index in [0.717, 1.165) is 24.0 Å². The summed E-state index contributed by atoms with van der Waals surface area (Å²) < 4.78 is 42.3. The van der Waals surface area contributed by atoms with Gasteiger partial charge < -0.3 is 0 Å². The fourth-order valence-corrected chi connectivity index (χ4v) is 5.97. The average Bonchev–Trinajstić information content (AvgIpc) is 3.39. The van der Waals surface area contributed by atoms with Crippen molar-refractivity contribution in [3.05, 3.63) is 71.8 Å². The van der Waals surface area contributed by atoms with E-state index in [4.69, 9.17) is 0 Å². The van der Waals surface area contributed by atoms with Crippen LogP contribution < -0.4 is 0 Å². The molecule has 158 valence electrons. The minimum absolute atomic E-state index is 0.144. The summed E-state index contributed by atoms with van der Waals surface area (Å²) in [7, 11) is -3.71. The predicted octanol–water partition coefficient (Wildman–Crippen LogP) is 3.50. The van der Waals surface area contributed by atoms with Gasteiger partial charge in [0, 0.05) is 6.04 Å². The summed E-state index contributed by atoms with van der Waals surface area (Å²) in [6.45, 7) is 2.50. The second kappa shape index (κ2) is 8.61. The van der Waals surface area contributed by atoms with E-state index in [2.05, 4.69) is 15.4 Å². The van der Waals surface area contributed by atoms with Crippen LogP contribution in [0.3, 0.4) is 0 Å². The van der Waals surface area contributed by atoms with Gasteiger partial charge in [-0.2, -0.15) is 9.10 Å². The maximum atomic E-state index is 13.6. The first-order chi connectivity index (χ1) is 14.4. The molecule has 30 heavy (non-hydrogen) atoms. The lowest BCUT2D eigenvalue weighted by atomic mass is 10.0. The lowest BCUT2D eigenvalue weighted by Crippen LogP contribution is -2.37. The number of hydrogen-bond acceptors (Lipinski definition) is 5. The van der Waals surface area contributed by atoms with Gasteiger partial charge in [-0.1, -0.05) is 29.8 Å². The van der Waals surface area contributed by atoms with Gasteiger partial charge in [-0.15, -0.1) is 10.2 Å². The van der Waals surface area contributed by atoms with Crippen LogP contribution in [0.1, 0.15) is 42.9 Å². The molecule has 4 rings (SSSR count). The zero-order valence-corrected chi connectivity index (χ0v) is 17.5. The van der Waals surface area contributed by atoms with Crippen LogP contribution in [0.2, 0.25) is 0 Å². The van der Waals surface area contributed by atoms with Gasteiger partial charge >= 0.3 is 0 Å². The quantitative estimate of drug-likeness (QED) is 0.574. The molecule has 1 aliphatic rings. The second-order valence-electron chi connectivity index (χ2n) is 7.62. The summed E-state index contributed by atoms with van der Waals surface area (Å²) in [6, 6.07) is 12.6. The van der Waals surface area contributed by atoms with Gasteiger partial charge in [-0.25, -0.2) is 12.8 Å². The van der Waals surface area contributed by atoms with Crippen molar-refractivity contribution in [2.45, 2.75) is 56.1 Å². The van der Waals surface area contributed by atoms with Crippen LogP contribution in [0.5, 0.6) is 0 Å². The average molecular weight is 430 g/mol. The van der Waals surface area contributed by atoms with E-state index < -0.39 is 10.0 Å². The highest BCUT2D eigenvalue weighted by molar-refractivity contribution is 7.89. The molecule has 0 amide bonds. The Balaban J connectivity index is 1.62. The fourth-order valence-electron chi connectivity index (χ4n) is 4.08. The molecule has 2 atom stereocenters. The van der Waals surface area contributed by atoms with Crippen LogP contribution in [-0.4, -0.2) is 39.0 Å². The molecule has 2 unspecified atom stereocenters. The summed E-state index contributed by atoms with van der Waals surface area (Å²) in [5.74, 6) is -0.332. The minimum atomic E-state index is -3.71. The van der Waals surface area contributed by atoms with Gasteiger partial charge in [-0.3, -0.25) is 0 Å². The smallest absolute Gasteiger partial charge is 0.207 e. The summed E-state index contributed by atoms with van der Waals surface area (Å²) in [5.41, 5.74) is 1.81. The van der Waals surface area contributed by atoms with E-state index in [9.17, 15) is 12.8 Å². The van der Waals surface area contributed by atoms with Gasteiger partial charge in [-0.05, 0) is 67.6 Å². The van der Waals surface area contributed by atoms with Crippen molar-refractivity contribution in [1.82, 2.24) is 24.5 Å². The van der Waals surface area contributed by atoms with Crippen LogP contribution in [0.25, 0.3) is 0 Å². The number of rotatable bonds is 7. The number of nitrogens with zero attached hydrogens (tertiary/aromatic N) is 5. The first-order valence-corrected chi connectivity index (χ1v) is 11.5. The molecule has 1 saturated heterocycles. The number of aromatic nitrogens is 4. The Bertz CT molecular complexity index is 1070. The predicted molar refractivity (Wildman–Crippen MR) is 109 cm³/mol. The summed E-state index contributed by atoms with van der Waals surface area (Å²) in [6.07, 6.45) is 4.25. The van der Waals surface area contributed by atoms with E-state index in [1.165, 1.54) is 23.3 Å². The van der Waals surface area contributed by atoms with Crippen LogP contribution in [0.15, 0.2) is 59.8 Å². The molecule has 0 aliphatic carbocycles. The number of tetrazole rings is 1. The highest BCUT2D eigenvalue weighted by atomic mass is 32.2. The molecule has 1 aromatic heterocycles. The minimum Gasteiger partial charge on any atom is -0.207 e. The van der Waals surface area contributed by atoms with Crippen molar-refractivity contribution >= 4 is 10.0 Å². The highest BCUT2D eigenvalue weighted by Crippen LogP contribution is 2.42. The van der Waals surface area contributed by atoms with Crippen molar-refractivity contribution in [2.75, 3.05) is 0 Å². The molecular weight excluding hydrogens is 405 g/mol. The zero-order valence-electron chi connectivity index (χ0n) is 16.7. The van der Waals surface area contributed by atoms with Gasteiger partial charge in [0.1, 0.15) is 5.82 Å². The molecule has 0 saturated carbocycles. The molecule has 2 aromatic carbocycles. The van der Waals surface area contributed by atoms with Crippen molar-refractivity contribution in [1.29, 1.82) is 0 Å². The number of halogens is 1. The van der Waals surface area contributed by atoms with E-state index in [1.807, 2.05) is 6.92 Å². The largest absolute Gasteiger partial charge is 0.243 e. The van der Waals surface area contributed by atoms with Crippen molar-refractivity contribution in [3.8, 4) is 0 Å². The molecular formula is C21H24FN5O2S. The lowest BCUT2D eigenvalue weighted by Gasteiger charge is -2.30. The van der Waals surface area contributed by atoms with Crippen molar-refractivity contribution < 1.29 is 12.8 Å². The van der Waals surface area contributed by atoms with Gasteiger partial charge in [0.15, 0.2) is 6.33 Å². The zero-order chi connectivity index (χ0) is 21.1. The second-order valence-corrected chi connectivity index (χ2v) is 9.46. The highest BCUT2D eigenvalue weighted by Gasteiger charge is 2.42. The molecule has 9 heteroatoms. The SMILES string of the molecule is Cc1ccc(S(=O)(=O)N2C(CCCn3ncnn3)CCC2c2ccc(F)cc2)cc1. The Kier molecular flexibility index (Phi) is 5.92. The third-order valence-corrected chi connectivity index (χ3v) is 7.55. The third kappa shape index (κ3) is 4.27.